The van der Waals surface area contributed by atoms with Crippen molar-refractivity contribution in [1.82, 2.24) is 4.90 Å². The number of carbonyl (C=O) groups is 1. The minimum Gasteiger partial charge on any atom is -0.378 e. The molecule has 0 spiro atoms. The molecule has 0 aromatic heterocycles. The molecule has 0 radical (unpaired) electrons. The number of nitrogens with two attached hydrogens (primary N) is 1. The number of rotatable bonds is 5. The lowest BCUT2D eigenvalue weighted by atomic mass is 9.92. The summed E-state index contributed by atoms with van der Waals surface area (Å²) in [5.41, 5.74) is 5.91. The third-order valence-corrected chi connectivity index (χ3v) is 3.32. The monoisotopic (exact) mass is 242 g/mol. The summed E-state index contributed by atoms with van der Waals surface area (Å²) in [7, 11) is 0. The average Bonchev–Trinajstić information content (AvgIpc) is 2.28. The normalized spacial score (nSPS) is 22.9. The Labute approximate surface area is 104 Å². The smallest absolute Gasteiger partial charge is 0.224 e. The van der Waals surface area contributed by atoms with Gasteiger partial charge in [-0.2, -0.15) is 0 Å². The number of likely N-dealkylation sites (tertiary alicyclic amines) is 1. The fraction of sp³-hybridized carbons (Fsp3) is 0.923. The van der Waals surface area contributed by atoms with Gasteiger partial charge in [-0.15, -0.1) is 0 Å². The molecule has 0 aliphatic carbocycles. The molecular weight excluding hydrogens is 216 g/mol. The second kappa shape index (κ2) is 6.97. The van der Waals surface area contributed by atoms with Crippen LogP contribution in [0.15, 0.2) is 0 Å². The summed E-state index contributed by atoms with van der Waals surface area (Å²) >= 11 is 0. The SMILES string of the molecule is CC(C)OCCC(=O)N1CCCC(C(C)N)C1. The summed E-state index contributed by atoms with van der Waals surface area (Å²) in [6.07, 6.45) is 2.90. The van der Waals surface area contributed by atoms with Crippen molar-refractivity contribution >= 4 is 5.91 Å². The molecule has 0 saturated carbocycles. The van der Waals surface area contributed by atoms with Crippen LogP contribution in [0.1, 0.15) is 40.0 Å². The third kappa shape index (κ3) is 5.04. The van der Waals surface area contributed by atoms with Crippen molar-refractivity contribution < 1.29 is 9.53 Å². The van der Waals surface area contributed by atoms with Crippen LogP contribution in [0.3, 0.4) is 0 Å². The maximum Gasteiger partial charge on any atom is 0.224 e. The molecule has 4 nitrogen and oxygen atoms in total. The van der Waals surface area contributed by atoms with Crippen molar-refractivity contribution in [2.45, 2.75) is 52.2 Å². The highest BCUT2D eigenvalue weighted by atomic mass is 16.5. The highest BCUT2D eigenvalue weighted by Gasteiger charge is 2.25. The molecule has 1 rings (SSSR count). The first kappa shape index (κ1) is 14.5. The Morgan fingerprint density at radius 2 is 2.18 bits per heavy atom. The van der Waals surface area contributed by atoms with Gasteiger partial charge >= 0.3 is 0 Å². The summed E-state index contributed by atoms with van der Waals surface area (Å²) < 4.78 is 5.41. The zero-order chi connectivity index (χ0) is 12.8. The Bertz CT molecular complexity index is 242. The van der Waals surface area contributed by atoms with E-state index in [1.54, 1.807) is 0 Å². The van der Waals surface area contributed by atoms with E-state index in [1.807, 2.05) is 25.7 Å². The van der Waals surface area contributed by atoms with E-state index in [-0.39, 0.29) is 18.1 Å². The van der Waals surface area contributed by atoms with E-state index in [1.165, 1.54) is 0 Å². The molecule has 1 aliphatic heterocycles. The maximum atomic E-state index is 12.0. The van der Waals surface area contributed by atoms with Crippen LogP contribution in [0.25, 0.3) is 0 Å². The van der Waals surface area contributed by atoms with Crippen LogP contribution in [0, 0.1) is 5.92 Å². The lowest BCUT2D eigenvalue weighted by Crippen LogP contribution is -2.45. The van der Waals surface area contributed by atoms with E-state index in [0.717, 1.165) is 25.9 Å². The quantitative estimate of drug-likeness (QED) is 0.792. The van der Waals surface area contributed by atoms with Gasteiger partial charge in [-0.25, -0.2) is 0 Å². The second-order valence-electron chi connectivity index (χ2n) is 5.27. The van der Waals surface area contributed by atoms with E-state index < -0.39 is 0 Å². The van der Waals surface area contributed by atoms with Gasteiger partial charge in [0.1, 0.15) is 0 Å². The Morgan fingerprint density at radius 3 is 2.76 bits per heavy atom. The number of carbonyl (C=O) groups excluding carboxylic acids is 1. The van der Waals surface area contributed by atoms with Gasteiger partial charge in [-0.3, -0.25) is 4.79 Å². The number of hydrogen-bond acceptors (Lipinski definition) is 3. The lowest BCUT2D eigenvalue weighted by Gasteiger charge is -2.34. The van der Waals surface area contributed by atoms with Crippen LogP contribution in [0.4, 0.5) is 0 Å². The van der Waals surface area contributed by atoms with Gasteiger partial charge in [0.05, 0.1) is 19.1 Å². The standard InChI is InChI=1S/C13H26N2O2/c1-10(2)17-8-6-13(16)15-7-4-5-12(9-15)11(3)14/h10-12H,4-9,14H2,1-3H3. The zero-order valence-corrected chi connectivity index (χ0v) is 11.3. The Kier molecular flexibility index (Phi) is 5.92. The number of amides is 1. The molecule has 2 unspecified atom stereocenters. The minimum atomic E-state index is 0.178. The minimum absolute atomic E-state index is 0.178. The molecule has 2 N–H and O–H groups in total. The van der Waals surface area contributed by atoms with Crippen molar-refractivity contribution in [2.75, 3.05) is 19.7 Å². The van der Waals surface area contributed by atoms with E-state index >= 15 is 0 Å². The molecule has 0 aromatic rings. The molecule has 4 heteroatoms. The molecule has 1 amide bonds. The Hall–Kier alpha value is -0.610. The topological polar surface area (TPSA) is 55.6 Å². The molecule has 1 fully saturated rings. The van der Waals surface area contributed by atoms with Gasteiger partial charge in [0.25, 0.3) is 0 Å². The first-order chi connectivity index (χ1) is 8.00. The summed E-state index contributed by atoms with van der Waals surface area (Å²) in [5, 5.41) is 0. The number of nitrogens with zero attached hydrogens (tertiary/aromatic N) is 1. The summed E-state index contributed by atoms with van der Waals surface area (Å²) in [5.74, 6) is 0.662. The molecular formula is C13H26N2O2. The second-order valence-corrected chi connectivity index (χ2v) is 5.27. The maximum absolute atomic E-state index is 12.0. The van der Waals surface area contributed by atoms with Crippen LogP contribution in [-0.2, 0) is 9.53 Å². The van der Waals surface area contributed by atoms with Crippen molar-refractivity contribution in [3.8, 4) is 0 Å². The highest BCUT2D eigenvalue weighted by molar-refractivity contribution is 5.76. The van der Waals surface area contributed by atoms with Gasteiger partial charge in [0, 0.05) is 19.1 Å². The fourth-order valence-electron chi connectivity index (χ4n) is 2.21. The Morgan fingerprint density at radius 1 is 1.47 bits per heavy atom. The van der Waals surface area contributed by atoms with Gasteiger partial charge in [0.2, 0.25) is 5.91 Å². The average molecular weight is 242 g/mol. The molecule has 1 aliphatic rings. The molecule has 2 atom stereocenters. The predicted molar refractivity (Wildman–Crippen MR) is 68.7 cm³/mol. The number of piperidine rings is 1. The highest BCUT2D eigenvalue weighted by Crippen LogP contribution is 2.19. The largest absolute Gasteiger partial charge is 0.378 e. The molecule has 0 bridgehead atoms. The van der Waals surface area contributed by atoms with Crippen LogP contribution >= 0.6 is 0 Å². The Balaban J connectivity index is 2.31. The predicted octanol–water partition coefficient (Wildman–Crippen LogP) is 1.39. The molecule has 1 heterocycles. The van der Waals surface area contributed by atoms with Crippen molar-refractivity contribution in [3.05, 3.63) is 0 Å². The number of ether oxygens (including phenoxy) is 1. The van der Waals surface area contributed by atoms with Crippen molar-refractivity contribution in [3.63, 3.8) is 0 Å². The third-order valence-electron chi connectivity index (χ3n) is 3.32. The zero-order valence-electron chi connectivity index (χ0n) is 11.3. The van der Waals surface area contributed by atoms with Crippen LogP contribution < -0.4 is 5.73 Å². The van der Waals surface area contributed by atoms with Crippen LogP contribution in [0.5, 0.6) is 0 Å². The molecule has 17 heavy (non-hydrogen) atoms. The summed E-state index contributed by atoms with van der Waals surface area (Å²) in [6.45, 7) is 8.22. The van der Waals surface area contributed by atoms with E-state index in [4.69, 9.17) is 10.5 Å². The summed E-state index contributed by atoms with van der Waals surface area (Å²) in [4.78, 5) is 13.9. The van der Waals surface area contributed by atoms with Gasteiger partial charge in [0.15, 0.2) is 0 Å². The van der Waals surface area contributed by atoms with Crippen LogP contribution in [-0.4, -0.2) is 42.6 Å². The van der Waals surface area contributed by atoms with E-state index in [9.17, 15) is 4.79 Å². The summed E-state index contributed by atoms with van der Waals surface area (Å²) in [6, 6.07) is 0.178. The van der Waals surface area contributed by atoms with Gasteiger partial charge in [-0.1, -0.05) is 0 Å². The van der Waals surface area contributed by atoms with Crippen LogP contribution in [0.2, 0.25) is 0 Å². The molecule has 1 saturated heterocycles. The first-order valence-electron chi connectivity index (χ1n) is 6.65. The van der Waals surface area contributed by atoms with Crippen molar-refractivity contribution in [2.24, 2.45) is 11.7 Å². The van der Waals surface area contributed by atoms with Gasteiger partial charge in [-0.05, 0) is 39.5 Å². The lowest BCUT2D eigenvalue weighted by molar-refractivity contribution is -0.134. The van der Waals surface area contributed by atoms with Gasteiger partial charge < -0.3 is 15.4 Å². The number of hydrogen-bond donors (Lipinski definition) is 1. The fourth-order valence-corrected chi connectivity index (χ4v) is 2.21. The van der Waals surface area contributed by atoms with E-state index in [2.05, 4.69) is 0 Å². The first-order valence-corrected chi connectivity index (χ1v) is 6.65. The molecule has 0 aromatic carbocycles. The van der Waals surface area contributed by atoms with E-state index in [0.29, 0.717) is 18.9 Å². The van der Waals surface area contributed by atoms with Crippen molar-refractivity contribution in [1.29, 1.82) is 0 Å². The molecule has 100 valence electrons.